The molecule has 0 unspecified atom stereocenters. The zero-order valence-electron chi connectivity index (χ0n) is 2.03. The van der Waals surface area contributed by atoms with Gasteiger partial charge in [-0.3, -0.25) is 0 Å². The molecule has 0 rings (SSSR count). The van der Waals surface area contributed by atoms with Crippen molar-refractivity contribution in [2.75, 3.05) is 0 Å². The van der Waals surface area contributed by atoms with Crippen LogP contribution in [0.2, 0.25) is 0 Å². The molecule has 0 nitrogen and oxygen atoms in total. The van der Waals surface area contributed by atoms with Gasteiger partial charge in [-0.25, -0.2) is 0 Å². The van der Waals surface area contributed by atoms with Gasteiger partial charge in [0.2, 0.25) is 0 Å². The molecule has 4 heteroatoms. The van der Waals surface area contributed by atoms with Crippen molar-refractivity contribution in [1.29, 1.82) is 0 Å². The molecule has 0 amide bonds. The van der Waals surface area contributed by atoms with Crippen molar-refractivity contribution in [2.45, 2.75) is 0 Å². The third-order valence-electron chi connectivity index (χ3n) is 0. The van der Waals surface area contributed by atoms with Gasteiger partial charge >= 0.3 is 0 Å². The van der Waals surface area contributed by atoms with Crippen LogP contribution in [-0.2, 0) is 50.9 Å². The molecule has 0 fully saturated rings. The van der Waals surface area contributed by atoms with Crippen LogP contribution in [0.25, 0.3) is 0 Å². The van der Waals surface area contributed by atoms with Crippen LogP contribution in [0.15, 0.2) is 0 Å². The molecular weight excluding hydrogens is 210 g/mol. The Kier molecular flexibility index (Phi) is 484. The first kappa shape index (κ1) is 63.8. The average molecular weight is 210 g/mol. The molecule has 7 radical (unpaired) electrons. The fourth-order valence-electron chi connectivity index (χ4n) is 0. The second-order valence-corrected chi connectivity index (χ2v) is 0. The third-order valence-corrected chi connectivity index (χ3v) is 0. The molecule has 0 aromatic heterocycles. The Morgan fingerprint density at radius 2 is 1.00 bits per heavy atom. The predicted octanol–water partition coefficient (Wildman–Crippen LogP) is 0.935. The van der Waals surface area contributed by atoms with Gasteiger partial charge in [-0.15, -0.1) is 0 Å². The summed E-state index contributed by atoms with van der Waals surface area (Å²) in [7, 11) is 0. The third kappa shape index (κ3) is 24.2. The van der Waals surface area contributed by atoms with Crippen LogP contribution in [0.5, 0.6) is 0 Å². The van der Waals surface area contributed by atoms with E-state index in [9.17, 15) is 0 Å². The summed E-state index contributed by atoms with van der Waals surface area (Å²) >= 11 is 0. The standard InChI is InChI=1S/C.Cr.Fe.Ni.P. The van der Waals surface area contributed by atoms with Crippen molar-refractivity contribution in [3.8, 4) is 0 Å². The maximum absolute atomic E-state index is 0. The summed E-state index contributed by atoms with van der Waals surface area (Å²) in [6, 6.07) is 0. The van der Waals surface area contributed by atoms with Crippen molar-refractivity contribution in [1.82, 2.24) is 0 Å². The van der Waals surface area contributed by atoms with E-state index in [2.05, 4.69) is 0 Å². The second-order valence-electron chi connectivity index (χ2n) is 0. The first-order chi connectivity index (χ1) is 0. The average Bonchev–Trinajstić information content (AvgIpc) is 0. The van der Waals surface area contributed by atoms with Crippen molar-refractivity contribution in [2.24, 2.45) is 0 Å². The van der Waals surface area contributed by atoms with Crippen LogP contribution < -0.4 is 0 Å². The molecule has 0 aromatic carbocycles. The Labute approximate surface area is 68.0 Å². The van der Waals surface area contributed by atoms with Crippen LogP contribution in [0, 0.1) is 7.43 Å². The molecular formula is CCrFeNiP. The Morgan fingerprint density at radius 3 is 1.00 bits per heavy atom. The fraction of sp³-hybridized carbons (Fsp3) is 0. The van der Waals surface area contributed by atoms with Gasteiger partial charge in [0.25, 0.3) is 0 Å². The topological polar surface area (TPSA) is 0 Å². The number of rotatable bonds is 0. The minimum absolute atomic E-state index is 0. The fourth-order valence-corrected chi connectivity index (χ4v) is 0. The smallest absolute Gasteiger partial charge is 0 e. The summed E-state index contributed by atoms with van der Waals surface area (Å²) in [6.07, 6.45) is 0. The first-order valence-corrected chi connectivity index (χ1v) is 0. The van der Waals surface area contributed by atoms with E-state index in [-0.39, 0.29) is 68.2 Å². The molecule has 0 atom stereocenters. The van der Waals surface area contributed by atoms with Crippen LogP contribution in [0.3, 0.4) is 0 Å². The van der Waals surface area contributed by atoms with Gasteiger partial charge < -0.3 is 0 Å². The molecule has 0 aliphatic rings. The summed E-state index contributed by atoms with van der Waals surface area (Å²) in [4.78, 5) is 0. The van der Waals surface area contributed by atoms with Crippen LogP contribution in [0.1, 0.15) is 0 Å². The zero-order valence-corrected chi connectivity index (χ0v) is 6.29. The Hall–Kier alpha value is 1.98. The van der Waals surface area contributed by atoms with Gasteiger partial charge in [0.1, 0.15) is 0 Å². The van der Waals surface area contributed by atoms with E-state index in [1.54, 1.807) is 0 Å². The van der Waals surface area contributed by atoms with E-state index in [4.69, 9.17) is 0 Å². The van der Waals surface area contributed by atoms with Gasteiger partial charge in [0.05, 0.1) is 0 Å². The van der Waals surface area contributed by atoms with Crippen molar-refractivity contribution in [3.05, 3.63) is 7.43 Å². The van der Waals surface area contributed by atoms with Gasteiger partial charge in [0.15, 0.2) is 0 Å². The molecule has 33 valence electrons. The van der Waals surface area contributed by atoms with E-state index < -0.39 is 0 Å². The normalized spacial score (nSPS) is 0. The van der Waals surface area contributed by atoms with E-state index in [1.165, 1.54) is 0 Å². The second kappa shape index (κ2) is 37.9. The van der Waals surface area contributed by atoms with E-state index in [1.807, 2.05) is 0 Å². The van der Waals surface area contributed by atoms with Crippen LogP contribution in [0.4, 0.5) is 0 Å². The van der Waals surface area contributed by atoms with Crippen molar-refractivity contribution >= 4 is 9.90 Å². The van der Waals surface area contributed by atoms with Crippen LogP contribution >= 0.6 is 9.90 Å². The molecule has 0 heterocycles. The van der Waals surface area contributed by atoms with E-state index in [0.717, 1.165) is 0 Å². The van der Waals surface area contributed by atoms with Crippen molar-refractivity contribution < 1.29 is 50.9 Å². The van der Waals surface area contributed by atoms with E-state index in [0.29, 0.717) is 0 Å². The largest absolute Gasteiger partial charge is 0 e. The number of hydrogen-bond acceptors (Lipinski definition) is 0. The molecule has 0 aliphatic carbocycles. The SMILES string of the molecule is [C].[Cr].[Fe].[Ni].[P]. The Bertz CT molecular complexity index is 11.6. The van der Waals surface area contributed by atoms with Gasteiger partial charge in [-0.05, 0) is 0 Å². The predicted molar refractivity (Wildman–Crippen MR) is 10.2 cm³/mol. The molecule has 0 aromatic rings. The summed E-state index contributed by atoms with van der Waals surface area (Å²) in [6.45, 7) is 0. The van der Waals surface area contributed by atoms with Gasteiger partial charge in [0, 0.05) is 68.2 Å². The van der Waals surface area contributed by atoms with Crippen LogP contribution in [-0.4, -0.2) is 0 Å². The molecule has 0 N–H and O–H groups in total. The number of hydrogen-bond donors (Lipinski definition) is 0. The van der Waals surface area contributed by atoms with Gasteiger partial charge in [-0.2, -0.15) is 0 Å². The summed E-state index contributed by atoms with van der Waals surface area (Å²) < 4.78 is 0. The Morgan fingerprint density at radius 1 is 1.00 bits per heavy atom. The molecule has 0 saturated carbocycles. The Balaban J connectivity index is 0. The maximum atomic E-state index is 0. The molecule has 5 heavy (non-hydrogen) atoms. The maximum Gasteiger partial charge on any atom is 0 e. The first-order valence-electron chi connectivity index (χ1n) is 0. The summed E-state index contributed by atoms with van der Waals surface area (Å²) in [5, 5.41) is 0. The van der Waals surface area contributed by atoms with Crippen molar-refractivity contribution in [3.63, 3.8) is 0 Å². The molecule has 0 saturated heterocycles. The zero-order chi connectivity index (χ0) is 0. The minimum Gasteiger partial charge on any atom is 0 e. The summed E-state index contributed by atoms with van der Waals surface area (Å²) in [5.41, 5.74) is 0. The minimum atomic E-state index is 0. The molecule has 0 bridgehead atoms. The monoisotopic (exact) mass is 209 g/mol. The molecule has 0 aliphatic heterocycles. The summed E-state index contributed by atoms with van der Waals surface area (Å²) in [5.74, 6) is 0. The van der Waals surface area contributed by atoms with Gasteiger partial charge in [-0.1, -0.05) is 0 Å². The van der Waals surface area contributed by atoms with E-state index >= 15 is 0 Å². The quantitative estimate of drug-likeness (QED) is 0.411. The molecule has 0 spiro atoms.